The molecule has 1 aliphatic rings. The summed E-state index contributed by atoms with van der Waals surface area (Å²) < 4.78 is 18.7. The molecular formula is C29H25ClN2O5S. The molecule has 0 bridgehead atoms. The van der Waals surface area contributed by atoms with Gasteiger partial charge in [0.2, 0.25) is 0 Å². The zero-order chi connectivity index (χ0) is 27.0. The number of hydrogen-bond acceptors (Lipinski definition) is 7. The van der Waals surface area contributed by atoms with Crippen LogP contribution in [-0.2, 0) is 9.53 Å². The van der Waals surface area contributed by atoms with Crippen molar-refractivity contribution in [1.82, 2.24) is 4.57 Å². The fourth-order valence-electron chi connectivity index (χ4n) is 4.45. The Bertz CT molecular complexity index is 1760. The Morgan fingerprint density at radius 2 is 2.00 bits per heavy atom. The van der Waals surface area contributed by atoms with Crippen LogP contribution in [0.1, 0.15) is 36.8 Å². The van der Waals surface area contributed by atoms with Crippen LogP contribution in [0.5, 0.6) is 5.75 Å². The molecule has 5 rings (SSSR count). The normalized spacial score (nSPS) is 15.3. The van der Waals surface area contributed by atoms with E-state index in [-0.39, 0.29) is 12.2 Å². The van der Waals surface area contributed by atoms with Crippen molar-refractivity contribution >= 4 is 35.0 Å². The lowest BCUT2D eigenvalue weighted by Crippen LogP contribution is -2.39. The molecule has 0 fully saturated rings. The second kappa shape index (κ2) is 10.5. The van der Waals surface area contributed by atoms with Gasteiger partial charge in [-0.1, -0.05) is 46.7 Å². The maximum absolute atomic E-state index is 13.8. The van der Waals surface area contributed by atoms with E-state index < -0.39 is 12.0 Å². The first-order valence-electron chi connectivity index (χ1n) is 12.0. The highest BCUT2D eigenvalue weighted by atomic mass is 35.5. The monoisotopic (exact) mass is 548 g/mol. The minimum absolute atomic E-state index is 0.205. The topological polar surface area (TPSA) is 83.0 Å². The van der Waals surface area contributed by atoms with E-state index in [1.54, 1.807) is 33.1 Å². The quantitative estimate of drug-likeness (QED) is 0.316. The van der Waals surface area contributed by atoms with Gasteiger partial charge in [-0.05, 0) is 62.7 Å². The van der Waals surface area contributed by atoms with E-state index in [1.165, 1.54) is 15.9 Å². The van der Waals surface area contributed by atoms with Gasteiger partial charge in [0.15, 0.2) is 4.80 Å². The van der Waals surface area contributed by atoms with Crippen molar-refractivity contribution in [2.24, 2.45) is 4.99 Å². The number of aromatic nitrogens is 1. The van der Waals surface area contributed by atoms with Gasteiger partial charge >= 0.3 is 5.97 Å². The van der Waals surface area contributed by atoms with Gasteiger partial charge in [-0.15, -0.1) is 0 Å². The summed E-state index contributed by atoms with van der Waals surface area (Å²) >= 11 is 7.61. The van der Waals surface area contributed by atoms with Crippen molar-refractivity contribution in [3.8, 4) is 17.1 Å². The smallest absolute Gasteiger partial charge is 0.338 e. The van der Waals surface area contributed by atoms with Crippen molar-refractivity contribution < 1.29 is 18.7 Å². The Morgan fingerprint density at radius 3 is 2.76 bits per heavy atom. The molecule has 1 unspecified atom stereocenters. The summed E-state index contributed by atoms with van der Waals surface area (Å²) in [6, 6.07) is 15.9. The van der Waals surface area contributed by atoms with Gasteiger partial charge in [-0.2, -0.15) is 0 Å². The number of nitrogens with zero attached hydrogens (tertiary/aromatic N) is 2. The number of thiazole rings is 1. The second-order valence-electron chi connectivity index (χ2n) is 8.76. The van der Waals surface area contributed by atoms with E-state index in [1.807, 2.05) is 55.5 Å². The summed E-state index contributed by atoms with van der Waals surface area (Å²) in [6.45, 7) is 5.68. The third-order valence-electron chi connectivity index (χ3n) is 6.21. The summed E-state index contributed by atoms with van der Waals surface area (Å²) in [7, 11) is 1.57. The number of carbonyl (C=O) groups is 1. The number of ether oxygens (including phenoxy) is 2. The van der Waals surface area contributed by atoms with Gasteiger partial charge in [-0.25, -0.2) is 9.79 Å². The van der Waals surface area contributed by atoms with Crippen LogP contribution < -0.4 is 19.6 Å². The number of benzene rings is 2. The summed E-state index contributed by atoms with van der Waals surface area (Å²) in [5.74, 6) is 1.21. The Kier molecular flexibility index (Phi) is 7.10. The average Bonchev–Trinajstić information content (AvgIpc) is 3.49. The lowest BCUT2D eigenvalue weighted by Gasteiger charge is -2.24. The van der Waals surface area contributed by atoms with Gasteiger partial charge in [0.25, 0.3) is 5.56 Å². The highest BCUT2D eigenvalue weighted by molar-refractivity contribution is 7.07. The molecule has 0 N–H and O–H groups in total. The number of methoxy groups -OCH3 is 1. The Balaban J connectivity index is 1.65. The predicted octanol–water partition coefficient (Wildman–Crippen LogP) is 5.03. The first-order chi connectivity index (χ1) is 18.3. The molecule has 9 heteroatoms. The maximum Gasteiger partial charge on any atom is 0.338 e. The van der Waals surface area contributed by atoms with Gasteiger partial charge in [-0.3, -0.25) is 9.36 Å². The van der Waals surface area contributed by atoms with Crippen LogP contribution >= 0.6 is 22.9 Å². The van der Waals surface area contributed by atoms with Crippen molar-refractivity contribution in [2.45, 2.75) is 26.8 Å². The van der Waals surface area contributed by atoms with E-state index in [0.29, 0.717) is 48.5 Å². The number of rotatable bonds is 6. The number of fused-ring (bicyclic) bond motifs is 1. The summed E-state index contributed by atoms with van der Waals surface area (Å²) in [4.78, 5) is 31.9. The fraction of sp³-hybridized carbons (Fsp3) is 0.207. The average molecular weight is 549 g/mol. The third-order valence-corrected chi connectivity index (χ3v) is 7.53. The molecule has 2 aromatic heterocycles. The number of aryl methyl sites for hydroxylation is 1. The molecule has 0 aliphatic carbocycles. The minimum atomic E-state index is -0.721. The van der Waals surface area contributed by atoms with Gasteiger partial charge < -0.3 is 13.9 Å². The van der Waals surface area contributed by atoms with Crippen LogP contribution in [0.3, 0.4) is 0 Å². The highest BCUT2D eigenvalue weighted by Crippen LogP contribution is 2.33. The van der Waals surface area contributed by atoms with Crippen LogP contribution in [0.25, 0.3) is 17.4 Å². The number of halogens is 1. The molecule has 0 spiro atoms. The van der Waals surface area contributed by atoms with E-state index >= 15 is 0 Å². The first-order valence-corrected chi connectivity index (χ1v) is 13.2. The predicted molar refractivity (Wildman–Crippen MR) is 147 cm³/mol. The molecule has 0 radical (unpaired) electrons. The van der Waals surface area contributed by atoms with Gasteiger partial charge in [0, 0.05) is 11.6 Å². The number of esters is 1. The van der Waals surface area contributed by atoms with Crippen molar-refractivity contribution in [3.63, 3.8) is 0 Å². The lowest BCUT2D eigenvalue weighted by atomic mass is 9.95. The fourth-order valence-corrected chi connectivity index (χ4v) is 5.69. The zero-order valence-corrected chi connectivity index (χ0v) is 22.9. The Labute approximate surface area is 227 Å². The number of furan rings is 1. The molecule has 1 aliphatic heterocycles. The molecule has 0 saturated heterocycles. The van der Waals surface area contributed by atoms with Crippen LogP contribution in [0, 0.1) is 6.92 Å². The summed E-state index contributed by atoms with van der Waals surface area (Å²) in [5, 5.41) is 0.580. The molecule has 38 heavy (non-hydrogen) atoms. The molecule has 0 saturated carbocycles. The number of carbonyl (C=O) groups excluding carboxylic acids is 1. The molecular weight excluding hydrogens is 524 g/mol. The van der Waals surface area contributed by atoms with E-state index in [9.17, 15) is 9.59 Å². The summed E-state index contributed by atoms with van der Waals surface area (Å²) in [6.07, 6.45) is 1.68. The molecule has 7 nitrogen and oxygen atoms in total. The summed E-state index contributed by atoms with van der Waals surface area (Å²) in [5.41, 5.74) is 3.07. The van der Waals surface area contributed by atoms with Gasteiger partial charge in [0.1, 0.15) is 17.3 Å². The second-order valence-corrected chi connectivity index (χ2v) is 10.2. The maximum atomic E-state index is 13.8. The number of hydrogen-bond donors (Lipinski definition) is 0. The van der Waals surface area contributed by atoms with E-state index in [4.69, 9.17) is 25.5 Å². The van der Waals surface area contributed by atoms with Crippen molar-refractivity contribution in [1.29, 1.82) is 0 Å². The SMILES string of the molecule is CCOC(=O)C1=C(C)N=c2s/c(=C\c3ccc(-c4cc(C)ccc4Cl)o3)c(=O)n2C1c1cccc(OC)c1. The van der Waals surface area contributed by atoms with Crippen molar-refractivity contribution in [2.75, 3.05) is 13.7 Å². The molecule has 2 aromatic carbocycles. The standard InChI is InChI=1S/C29H25ClN2O5S/c1-5-36-28(34)25-17(3)31-29-32(26(25)18-7-6-8-19(14-18)35-4)27(33)24(38-29)15-20-10-12-23(37-20)21-13-16(2)9-11-22(21)30/h6-15,26H,5H2,1-4H3/b24-15-. The number of allylic oxidation sites excluding steroid dienone is 1. The molecule has 4 aromatic rings. The van der Waals surface area contributed by atoms with Crippen LogP contribution in [-0.4, -0.2) is 24.3 Å². The molecule has 3 heterocycles. The first kappa shape index (κ1) is 25.8. The molecule has 194 valence electrons. The minimum Gasteiger partial charge on any atom is -0.497 e. The third kappa shape index (κ3) is 4.73. The van der Waals surface area contributed by atoms with Crippen LogP contribution in [0.2, 0.25) is 5.02 Å². The Hall–Kier alpha value is -3.88. The zero-order valence-electron chi connectivity index (χ0n) is 21.3. The highest BCUT2D eigenvalue weighted by Gasteiger charge is 2.33. The van der Waals surface area contributed by atoms with Gasteiger partial charge in [0.05, 0.1) is 40.6 Å². The Morgan fingerprint density at radius 1 is 1.18 bits per heavy atom. The van der Waals surface area contributed by atoms with Crippen molar-refractivity contribution in [3.05, 3.63) is 107 Å². The van der Waals surface area contributed by atoms with E-state index in [2.05, 4.69) is 4.99 Å². The largest absolute Gasteiger partial charge is 0.497 e. The molecule has 0 amide bonds. The molecule has 1 atom stereocenters. The van der Waals surface area contributed by atoms with Crippen LogP contribution in [0.4, 0.5) is 0 Å². The van der Waals surface area contributed by atoms with Crippen LogP contribution in [0.15, 0.2) is 80.1 Å². The van der Waals surface area contributed by atoms with E-state index in [0.717, 1.165) is 11.1 Å². The lowest BCUT2D eigenvalue weighted by molar-refractivity contribution is -0.139.